The predicted molar refractivity (Wildman–Crippen MR) is 70.4 cm³/mol. The van der Waals surface area contributed by atoms with Crippen LogP contribution in [0.25, 0.3) is 0 Å². The van der Waals surface area contributed by atoms with Gasteiger partial charge in [-0.3, -0.25) is 10.1 Å². The fourth-order valence-corrected chi connectivity index (χ4v) is 1.63. The molecule has 0 fully saturated rings. The highest BCUT2D eigenvalue weighted by atomic mass is 16.6. The van der Waals surface area contributed by atoms with E-state index >= 15 is 0 Å². The maximum atomic E-state index is 10.7. The third-order valence-electron chi connectivity index (χ3n) is 3.21. The van der Waals surface area contributed by atoms with Crippen molar-refractivity contribution in [1.82, 2.24) is 0 Å². The lowest BCUT2D eigenvalue weighted by Gasteiger charge is -2.21. The number of hydrogen-bond acceptors (Lipinski definition) is 4. The maximum Gasteiger partial charge on any atom is 0.287 e. The van der Waals surface area contributed by atoms with Crippen molar-refractivity contribution in [2.24, 2.45) is 5.92 Å². The molecule has 1 aromatic rings. The Bertz CT molecular complexity index is 480. The Balaban J connectivity index is 2.94. The monoisotopic (exact) mass is 247 g/mol. The van der Waals surface area contributed by atoms with Crippen molar-refractivity contribution >= 4 is 11.4 Å². The SMILES string of the molecule is CCC(C)C(C)Nc1ccc([N+](=O)[O-])c(C#N)c1. The molecule has 0 aliphatic carbocycles. The van der Waals surface area contributed by atoms with Crippen LogP contribution < -0.4 is 5.32 Å². The molecule has 0 saturated heterocycles. The zero-order valence-electron chi connectivity index (χ0n) is 10.8. The van der Waals surface area contributed by atoms with Gasteiger partial charge in [0.2, 0.25) is 0 Å². The minimum Gasteiger partial charge on any atom is -0.382 e. The molecule has 0 heterocycles. The molecular weight excluding hydrogens is 230 g/mol. The van der Waals surface area contributed by atoms with E-state index in [2.05, 4.69) is 26.1 Å². The molecule has 1 N–H and O–H groups in total. The first-order chi connectivity index (χ1) is 8.49. The number of nitrogens with zero attached hydrogens (tertiary/aromatic N) is 2. The lowest BCUT2D eigenvalue weighted by molar-refractivity contribution is -0.385. The Morgan fingerprint density at radius 3 is 2.67 bits per heavy atom. The number of nitro benzene ring substituents is 1. The summed E-state index contributed by atoms with van der Waals surface area (Å²) >= 11 is 0. The Labute approximate surface area is 107 Å². The molecule has 5 nitrogen and oxygen atoms in total. The van der Waals surface area contributed by atoms with Crippen LogP contribution in [-0.2, 0) is 0 Å². The van der Waals surface area contributed by atoms with Gasteiger partial charge in [0.05, 0.1) is 4.92 Å². The van der Waals surface area contributed by atoms with Crippen LogP contribution in [0.4, 0.5) is 11.4 Å². The van der Waals surface area contributed by atoms with E-state index in [1.807, 2.05) is 6.07 Å². The smallest absolute Gasteiger partial charge is 0.287 e. The van der Waals surface area contributed by atoms with Crippen LogP contribution in [0.1, 0.15) is 32.8 Å². The minimum atomic E-state index is -0.541. The van der Waals surface area contributed by atoms with Crippen molar-refractivity contribution in [2.75, 3.05) is 5.32 Å². The van der Waals surface area contributed by atoms with Crippen LogP contribution >= 0.6 is 0 Å². The first kappa shape index (κ1) is 14.0. The van der Waals surface area contributed by atoms with Crippen molar-refractivity contribution < 1.29 is 4.92 Å². The number of benzene rings is 1. The quantitative estimate of drug-likeness (QED) is 0.639. The van der Waals surface area contributed by atoms with Gasteiger partial charge in [-0.25, -0.2) is 0 Å². The molecule has 0 aliphatic heterocycles. The number of nitro groups is 1. The molecule has 0 saturated carbocycles. The van der Waals surface area contributed by atoms with Crippen LogP contribution in [0.3, 0.4) is 0 Å². The molecule has 0 spiro atoms. The van der Waals surface area contributed by atoms with Gasteiger partial charge in [0.25, 0.3) is 5.69 Å². The van der Waals surface area contributed by atoms with Gasteiger partial charge in [-0.15, -0.1) is 0 Å². The molecular formula is C13H17N3O2. The van der Waals surface area contributed by atoms with Crippen LogP contribution in [-0.4, -0.2) is 11.0 Å². The second-order valence-electron chi connectivity index (χ2n) is 4.42. The average Bonchev–Trinajstić information content (AvgIpc) is 2.37. The molecule has 5 heteroatoms. The van der Waals surface area contributed by atoms with Crippen molar-refractivity contribution in [3.05, 3.63) is 33.9 Å². The molecule has 1 rings (SSSR count). The van der Waals surface area contributed by atoms with E-state index in [0.717, 1.165) is 12.1 Å². The molecule has 0 amide bonds. The predicted octanol–water partition coefficient (Wildman–Crippen LogP) is 3.31. The number of nitrogens with one attached hydrogen (secondary N) is 1. The fraction of sp³-hybridized carbons (Fsp3) is 0.462. The molecule has 2 atom stereocenters. The van der Waals surface area contributed by atoms with Gasteiger partial charge in [-0.05, 0) is 25.0 Å². The van der Waals surface area contributed by atoms with E-state index in [9.17, 15) is 10.1 Å². The van der Waals surface area contributed by atoms with Crippen molar-refractivity contribution in [2.45, 2.75) is 33.2 Å². The topological polar surface area (TPSA) is 79.0 Å². The minimum absolute atomic E-state index is 0.0846. The summed E-state index contributed by atoms with van der Waals surface area (Å²) in [6.07, 6.45) is 1.05. The summed E-state index contributed by atoms with van der Waals surface area (Å²) in [5.41, 5.74) is 0.672. The summed E-state index contributed by atoms with van der Waals surface area (Å²) in [7, 11) is 0. The Morgan fingerprint density at radius 2 is 2.17 bits per heavy atom. The molecule has 0 radical (unpaired) electrons. The highest BCUT2D eigenvalue weighted by Gasteiger charge is 2.15. The number of anilines is 1. The lowest BCUT2D eigenvalue weighted by Crippen LogP contribution is -2.23. The van der Waals surface area contributed by atoms with Gasteiger partial charge in [0.15, 0.2) is 0 Å². The summed E-state index contributed by atoms with van der Waals surface area (Å²) in [6, 6.07) is 6.63. The fourth-order valence-electron chi connectivity index (χ4n) is 1.63. The Morgan fingerprint density at radius 1 is 1.50 bits per heavy atom. The largest absolute Gasteiger partial charge is 0.382 e. The summed E-state index contributed by atoms with van der Waals surface area (Å²) in [6.45, 7) is 6.30. The summed E-state index contributed by atoms with van der Waals surface area (Å²) in [5, 5.41) is 22.9. The first-order valence-corrected chi connectivity index (χ1v) is 5.94. The van der Waals surface area contributed by atoms with Gasteiger partial charge < -0.3 is 5.32 Å². The van der Waals surface area contributed by atoms with Crippen LogP contribution in [0, 0.1) is 27.4 Å². The second kappa shape index (κ2) is 6.01. The zero-order valence-corrected chi connectivity index (χ0v) is 10.8. The molecule has 18 heavy (non-hydrogen) atoms. The third kappa shape index (κ3) is 3.20. The lowest BCUT2D eigenvalue weighted by atomic mass is 10.0. The Hall–Kier alpha value is -2.09. The summed E-state index contributed by atoms with van der Waals surface area (Å²) in [4.78, 5) is 10.2. The van der Waals surface area contributed by atoms with E-state index < -0.39 is 4.92 Å². The van der Waals surface area contributed by atoms with Crippen molar-refractivity contribution in [3.8, 4) is 6.07 Å². The highest BCUT2D eigenvalue weighted by molar-refractivity contribution is 5.58. The first-order valence-electron chi connectivity index (χ1n) is 5.94. The zero-order chi connectivity index (χ0) is 13.7. The van der Waals surface area contributed by atoms with Crippen LogP contribution in [0.5, 0.6) is 0 Å². The molecule has 0 bridgehead atoms. The Kier molecular flexibility index (Phi) is 4.67. The number of rotatable bonds is 5. The van der Waals surface area contributed by atoms with E-state index in [1.165, 1.54) is 12.1 Å². The number of nitriles is 1. The number of hydrogen-bond donors (Lipinski definition) is 1. The van der Waals surface area contributed by atoms with Gasteiger partial charge >= 0.3 is 0 Å². The van der Waals surface area contributed by atoms with Crippen LogP contribution in [0.15, 0.2) is 18.2 Å². The van der Waals surface area contributed by atoms with E-state index in [1.54, 1.807) is 6.07 Å². The van der Waals surface area contributed by atoms with E-state index in [4.69, 9.17) is 5.26 Å². The molecule has 96 valence electrons. The van der Waals surface area contributed by atoms with Crippen molar-refractivity contribution in [3.63, 3.8) is 0 Å². The normalized spacial score (nSPS) is 13.4. The average molecular weight is 247 g/mol. The van der Waals surface area contributed by atoms with Gasteiger partial charge in [-0.2, -0.15) is 5.26 Å². The molecule has 0 aromatic heterocycles. The standard InChI is InChI=1S/C13H17N3O2/c1-4-9(2)10(3)15-12-5-6-13(16(17)18)11(7-12)8-14/h5-7,9-10,15H,4H2,1-3H3. The maximum absolute atomic E-state index is 10.7. The second-order valence-corrected chi connectivity index (χ2v) is 4.42. The van der Waals surface area contributed by atoms with E-state index in [0.29, 0.717) is 5.92 Å². The highest BCUT2D eigenvalue weighted by Crippen LogP contribution is 2.23. The van der Waals surface area contributed by atoms with E-state index in [-0.39, 0.29) is 17.3 Å². The third-order valence-corrected chi connectivity index (χ3v) is 3.21. The van der Waals surface area contributed by atoms with Gasteiger partial charge in [0, 0.05) is 17.8 Å². The molecule has 1 aromatic carbocycles. The molecule has 0 aliphatic rings. The van der Waals surface area contributed by atoms with Gasteiger partial charge in [0.1, 0.15) is 11.6 Å². The van der Waals surface area contributed by atoms with Crippen molar-refractivity contribution in [1.29, 1.82) is 5.26 Å². The summed E-state index contributed by atoms with van der Waals surface area (Å²) < 4.78 is 0. The van der Waals surface area contributed by atoms with Crippen LogP contribution in [0.2, 0.25) is 0 Å². The van der Waals surface area contributed by atoms with Gasteiger partial charge in [-0.1, -0.05) is 20.3 Å². The molecule has 2 unspecified atom stereocenters. The summed E-state index contributed by atoms with van der Waals surface area (Å²) in [5.74, 6) is 0.491.